The van der Waals surface area contributed by atoms with Crippen LogP contribution >= 0.6 is 11.6 Å². The van der Waals surface area contributed by atoms with E-state index in [4.69, 9.17) is 11.6 Å². The number of nitrogens with one attached hydrogen (secondary N) is 1. The quantitative estimate of drug-likeness (QED) is 0.661. The van der Waals surface area contributed by atoms with Gasteiger partial charge in [-0.1, -0.05) is 41.4 Å². The third-order valence-corrected chi connectivity index (χ3v) is 5.51. The van der Waals surface area contributed by atoms with E-state index < -0.39 is 0 Å². The summed E-state index contributed by atoms with van der Waals surface area (Å²) in [6, 6.07) is 17.4. The van der Waals surface area contributed by atoms with E-state index in [1.54, 1.807) is 17.0 Å². The van der Waals surface area contributed by atoms with Crippen molar-refractivity contribution in [3.05, 3.63) is 70.7 Å². The van der Waals surface area contributed by atoms with Gasteiger partial charge in [-0.15, -0.1) is 10.2 Å². The van der Waals surface area contributed by atoms with Gasteiger partial charge in [-0.3, -0.25) is 0 Å². The van der Waals surface area contributed by atoms with Crippen LogP contribution in [0.25, 0.3) is 11.3 Å². The first-order valence-electron chi connectivity index (χ1n) is 9.97. The first kappa shape index (κ1) is 20.2. The van der Waals surface area contributed by atoms with Crippen LogP contribution in [0.3, 0.4) is 0 Å². The van der Waals surface area contributed by atoms with E-state index in [0.717, 1.165) is 17.1 Å². The summed E-state index contributed by atoms with van der Waals surface area (Å²) < 4.78 is 0. The number of piperazine rings is 1. The normalized spacial score (nSPS) is 14.0. The van der Waals surface area contributed by atoms with E-state index in [2.05, 4.69) is 52.5 Å². The Labute approximate surface area is 181 Å². The number of carbonyl (C=O) groups is 1. The fourth-order valence-electron chi connectivity index (χ4n) is 3.65. The Bertz CT molecular complexity index is 1050. The van der Waals surface area contributed by atoms with Crippen molar-refractivity contribution in [1.82, 2.24) is 15.1 Å². The summed E-state index contributed by atoms with van der Waals surface area (Å²) in [5, 5.41) is 12.4. The Balaban J connectivity index is 1.36. The monoisotopic (exact) mass is 421 g/mol. The summed E-state index contributed by atoms with van der Waals surface area (Å²) in [4.78, 5) is 16.5. The molecule has 6 nitrogen and oxygen atoms in total. The van der Waals surface area contributed by atoms with Gasteiger partial charge in [-0.2, -0.15) is 0 Å². The number of benzene rings is 2. The number of hydrogen-bond donors (Lipinski definition) is 1. The fourth-order valence-corrected chi connectivity index (χ4v) is 3.84. The number of aryl methyl sites for hydroxylation is 2. The zero-order valence-corrected chi connectivity index (χ0v) is 17.9. The lowest BCUT2D eigenvalue weighted by Crippen LogP contribution is -2.50. The molecular formula is C23H24ClN5O. The molecule has 2 amide bonds. The highest BCUT2D eigenvalue weighted by Crippen LogP contribution is 2.23. The lowest BCUT2D eigenvalue weighted by molar-refractivity contribution is 0.208. The molecular weight excluding hydrogens is 398 g/mol. The molecule has 1 N–H and O–H groups in total. The molecule has 3 aromatic rings. The van der Waals surface area contributed by atoms with Crippen LogP contribution in [-0.4, -0.2) is 47.3 Å². The van der Waals surface area contributed by atoms with Crippen LogP contribution in [0.4, 0.5) is 16.3 Å². The zero-order chi connectivity index (χ0) is 21.1. The standard InChI is InChI=1S/C23H24ClN5O/c1-16-6-7-20(17(2)14-16)21-8-9-22(27-26-21)28-10-12-29(13-11-28)23(30)25-19-5-3-4-18(24)15-19/h3-9,14-15H,10-13H2,1-2H3,(H,25,30). The summed E-state index contributed by atoms with van der Waals surface area (Å²) in [6.07, 6.45) is 0. The molecule has 0 spiro atoms. The van der Waals surface area contributed by atoms with Gasteiger partial charge in [0, 0.05) is 42.5 Å². The highest BCUT2D eigenvalue weighted by Gasteiger charge is 2.22. The van der Waals surface area contributed by atoms with Crippen LogP contribution in [0.5, 0.6) is 0 Å². The van der Waals surface area contributed by atoms with Crippen molar-refractivity contribution in [2.45, 2.75) is 13.8 Å². The second-order valence-corrected chi connectivity index (χ2v) is 7.95. The molecule has 2 aromatic carbocycles. The number of halogens is 1. The molecule has 1 aliphatic rings. The van der Waals surface area contributed by atoms with Gasteiger partial charge in [0.15, 0.2) is 5.82 Å². The number of hydrogen-bond acceptors (Lipinski definition) is 4. The molecule has 4 rings (SSSR count). The molecule has 1 saturated heterocycles. The number of carbonyl (C=O) groups excluding carboxylic acids is 1. The fraction of sp³-hybridized carbons (Fsp3) is 0.261. The minimum atomic E-state index is -0.117. The van der Waals surface area contributed by atoms with Gasteiger partial charge in [-0.05, 0) is 49.7 Å². The van der Waals surface area contributed by atoms with Gasteiger partial charge in [0.2, 0.25) is 0 Å². The molecule has 154 valence electrons. The van der Waals surface area contributed by atoms with E-state index in [0.29, 0.717) is 36.9 Å². The number of nitrogens with zero attached hydrogens (tertiary/aromatic N) is 4. The average molecular weight is 422 g/mol. The summed E-state index contributed by atoms with van der Waals surface area (Å²) in [6.45, 7) is 6.83. The van der Waals surface area contributed by atoms with Crippen LogP contribution in [-0.2, 0) is 0 Å². The molecule has 1 aliphatic heterocycles. The lowest BCUT2D eigenvalue weighted by atomic mass is 10.0. The van der Waals surface area contributed by atoms with Gasteiger partial charge in [0.25, 0.3) is 0 Å². The maximum absolute atomic E-state index is 12.5. The van der Waals surface area contributed by atoms with E-state index >= 15 is 0 Å². The second kappa shape index (κ2) is 8.71. The number of urea groups is 1. The summed E-state index contributed by atoms with van der Waals surface area (Å²) in [5.41, 5.74) is 5.09. The van der Waals surface area contributed by atoms with Crippen LogP contribution in [0.1, 0.15) is 11.1 Å². The van der Waals surface area contributed by atoms with Crippen molar-refractivity contribution in [1.29, 1.82) is 0 Å². The van der Waals surface area contributed by atoms with Gasteiger partial charge < -0.3 is 15.1 Å². The van der Waals surface area contributed by atoms with Gasteiger partial charge >= 0.3 is 6.03 Å². The topological polar surface area (TPSA) is 61.4 Å². The molecule has 0 aliphatic carbocycles. The molecule has 0 radical (unpaired) electrons. The molecule has 2 heterocycles. The molecule has 1 fully saturated rings. The molecule has 0 saturated carbocycles. The van der Waals surface area contributed by atoms with Crippen molar-refractivity contribution < 1.29 is 4.79 Å². The lowest BCUT2D eigenvalue weighted by Gasteiger charge is -2.35. The number of aromatic nitrogens is 2. The largest absolute Gasteiger partial charge is 0.352 e. The molecule has 0 atom stereocenters. The van der Waals surface area contributed by atoms with Gasteiger partial charge in [-0.25, -0.2) is 4.79 Å². The Morgan fingerprint density at radius 3 is 2.43 bits per heavy atom. The van der Waals surface area contributed by atoms with Crippen molar-refractivity contribution in [2.75, 3.05) is 36.4 Å². The Morgan fingerprint density at radius 2 is 1.77 bits per heavy atom. The molecule has 7 heteroatoms. The van der Waals surface area contributed by atoms with E-state index in [1.807, 2.05) is 24.3 Å². The minimum absolute atomic E-state index is 0.117. The highest BCUT2D eigenvalue weighted by atomic mass is 35.5. The maximum atomic E-state index is 12.5. The first-order chi connectivity index (χ1) is 14.5. The Hall–Kier alpha value is -3.12. The average Bonchev–Trinajstić information content (AvgIpc) is 2.74. The van der Waals surface area contributed by atoms with Crippen LogP contribution in [0, 0.1) is 13.8 Å². The summed E-state index contributed by atoms with van der Waals surface area (Å²) in [5.74, 6) is 0.832. The van der Waals surface area contributed by atoms with E-state index in [1.165, 1.54) is 11.1 Å². The third kappa shape index (κ3) is 4.54. The predicted molar refractivity (Wildman–Crippen MR) is 121 cm³/mol. The molecule has 1 aromatic heterocycles. The van der Waals surface area contributed by atoms with Gasteiger partial charge in [0.05, 0.1) is 5.69 Å². The van der Waals surface area contributed by atoms with Crippen LogP contribution in [0.15, 0.2) is 54.6 Å². The molecule has 0 unspecified atom stereocenters. The molecule has 30 heavy (non-hydrogen) atoms. The maximum Gasteiger partial charge on any atom is 0.321 e. The summed E-state index contributed by atoms with van der Waals surface area (Å²) in [7, 11) is 0. The predicted octanol–water partition coefficient (Wildman–Crippen LogP) is 4.77. The number of anilines is 2. The zero-order valence-electron chi connectivity index (χ0n) is 17.1. The molecule has 0 bridgehead atoms. The second-order valence-electron chi connectivity index (χ2n) is 7.51. The van der Waals surface area contributed by atoms with Crippen molar-refractivity contribution in [3.8, 4) is 11.3 Å². The van der Waals surface area contributed by atoms with E-state index in [-0.39, 0.29) is 6.03 Å². The van der Waals surface area contributed by atoms with Crippen LogP contribution < -0.4 is 10.2 Å². The van der Waals surface area contributed by atoms with Crippen molar-refractivity contribution in [3.63, 3.8) is 0 Å². The SMILES string of the molecule is Cc1ccc(-c2ccc(N3CCN(C(=O)Nc4cccc(Cl)c4)CC3)nn2)c(C)c1. The van der Waals surface area contributed by atoms with Crippen LogP contribution in [0.2, 0.25) is 5.02 Å². The minimum Gasteiger partial charge on any atom is -0.352 e. The first-order valence-corrected chi connectivity index (χ1v) is 10.4. The highest BCUT2D eigenvalue weighted by molar-refractivity contribution is 6.30. The summed E-state index contributed by atoms with van der Waals surface area (Å²) >= 11 is 5.98. The number of rotatable bonds is 3. The smallest absolute Gasteiger partial charge is 0.321 e. The Kier molecular flexibility index (Phi) is 5.86. The van der Waals surface area contributed by atoms with Crippen molar-refractivity contribution in [2.24, 2.45) is 0 Å². The Morgan fingerprint density at radius 1 is 0.967 bits per heavy atom. The van der Waals surface area contributed by atoms with Crippen molar-refractivity contribution >= 4 is 29.1 Å². The van der Waals surface area contributed by atoms with E-state index in [9.17, 15) is 4.79 Å². The van der Waals surface area contributed by atoms with Gasteiger partial charge in [0.1, 0.15) is 0 Å². The third-order valence-electron chi connectivity index (χ3n) is 5.28. The number of amides is 2.